The molecule has 32 heavy (non-hydrogen) atoms. The number of nitrogens with zero attached hydrogens (tertiary/aromatic N) is 1. The van der Waals surface area contributed by atoms with E-state index in [4.69, 9.17) is 16.2 Å². The average molecular weight is 441 g/mol. The fourth-order valence-electron chi connectivity index (χ4n) is 3.22. The van der Waals surface area contributed by atoms with Crippen molar-refractivity contribution in [1.29, 1.82) is 0 Å². The van der Waals surface area contributed by atoms with E-state index < -0.39 is 0 Å². The summed E-state index contributed by atoms with van der Waals surface area (Å²) < 4.78 is 5.77. The maximum absolute atomic E-state index is 12.6. The van der Waals surface area contributed by atoms with Crippen LogP contribution in [0.1, 0.15) is 49.0 Å². The molecule has 0 saturated carbocycles. The van der Waals surface area contributed by atoms with Crippen molar-refractivity contribution in [1.82, 2.24) is 10.2 Å². The molecule has 7 nitrogen and oxygen atoms in total. The van der Waals surface area contributed by atoms with E-state index in [9.17, 15) is 9.59 Å². The number of nitrogens with one attached hydrogen (secondary N) is 1. The van der Waals surface area contributed by atoms with Crippen LogP contribution in [0.15, 0.2) is 48.5 Å². The van der Waals surface area contributed by atoms with Crippen molar-refractivity contribution < 1.29 is 14.3 Å². The monoisotopic (exact) mass is 440 g/mol. The summed E-state index contributed by atoms with van der Waals surface area (Å²) in [6.45, 7) is 6.73. The molecule has 0 aliphatic carbocycles. The molecule has 0 heterocycles. The zero-order chi connectivity index (χ0) is 23.3. The molecule has 2 rings (SSSR count). The largest absolute Gasteiger partial charge is 0.494 e. The van der Waals surface area contributed by atoms with E-state index in [1.54, 1.807) is 24.3 Å². The average Bonchev–Trinajstić information content (AvgIpc) is 2.80. The third-order valence-electron chi connectivity index (χ3n) is 5.12. The molecule has 7 heteroatoms. The molecule has 0 aliphatic heterocycles. The predicted molar refractivity (Wildman–Crippen MR) is 128 cm³/mol. The third-order valence-corrected chi connectivity index (χ3v) is 5.12. The first-order valence-electron chi connectivity index (χ1n) is 11.2. The molecule has 0 radical (unpaired) electrons. The summed E-state index contributed by atoms with van der Waals surface area (Å²) in [6, 6.07) is 14.6. The van der Waals surface area contributed by atoms with Crippen molar-refractivity contribution >= 4 is 17.5 Å². The summed E-state index contributed by atoms with van der Waals surface area (Å²) in [4.78, 5) is 26.6. The predicted octanol–water partition coefficient (Wildman–Crippen LogP) is 3.19. The molecule has 0 spiro atoms. The van der Waals surface area contributed by atoms with E-state index in [0.717, 1.165) is 24.2 Å². The fraction of sp³-hybridized carbons (Fsp3) is 0.440. The summed E-state index contributed by atoms with van der Waals surface area (Å²) in [5.41, 5.74) is 13.5. The first-order valence-corrected chi connectivity index (χ1v) is 11.2. The standard InChI is InChI=1S/C25H36N4O3/c1-19(2)25(31)29(15-3-4-17-32-23-12-6-20(18-26)7-13-23)16-5-14-28-24(30)21-8-10-22(27)11-9-21/h6-13,19H,3-5,14-18,26-27H2,1-2H3,(H,28,30). The number of ether oxygens (including phenoxy) is 1. The molecular weight excluding hydrogens is 404 g/mol. The van der Waals surface area contributed by atoms with Crippen LogP contribution in [0.2, 0.25) is 0 Å². The summed E-state index contributed by atoms with van der Waals surface area (Å²) in [6.07, 6.45) is 2.41. The molecule has 174 valence electrons. The summed E-state index contributed by atoms with van der Waals surface area (Å²) in [5, 5.41) is 2.90. The van der Waals surface area contributed by atoms with Crippen molar-refractivity contribution in [3.63, 3.8) is 0 Å². The number of nitrogen functional groups attached to an aromatic ring is 1. The molecule has 2 aromatic rings. The first kappa shape index (κ1) is 25.2. The lowest BCUT2D eigenvalue weighted by Gasteiger charge is -2.25. The maximum Gasteiger partial charge on any atom is 0.251 e. The molecule has 0 aromatic heterocycles. The van der Waals surface area contributed by atoms with Gasteiger partial charge in [-0.15, -0.1) is 0 Å². The van der Waals surface area contributed by atoms with Gasteiger partial charge in [-0.05, 0) is 61.2 Å². The first-order chi connectivity index (χ1) is 15.4. The maximum atomic E-state index is 12.6. The van der Waals surface area contributed by atoms with Crippen LogP contribution in [0.25, 0.3) is 0 Å². The van der Waals surface area contributed by atoms with Crippen LogP contribution in [0.3, 0.4) is 0 Å². The van der Waals surface area contributed by atoms with E-state index in [0.29, 0.717) is 50.5 Å². The number of rotatable bonds is 13. The Labute approximate surface area is 191 Å². The Balaban J connectivity index is 1.70. The Morgan fingerprint density at radius 1 is 0.969 bits per heavy atom. The Hall–Kier alpha value is -3.06. The van der Waals surface area contributed by atoms with Crippen LogP contribution >= 0.6 is 0 Å². The van der Waals surface area contributed by atoms with Crippen molar-refractivity contribution in [2.45, 2.75) is 39.7 Å². The van der Waals surface area contributed by atoms with Gasteiger partial charge in [0.15, 0.2) is 0 Å². The molecule has 2 amide bonds. The van der Waals surface area contributed by atoms with Crippen molar-refractivity contribution in [3.8, 4) is 5.75 Å². The number of carbonyl (C=O) groups excluding carboxylic acids is 2. The van der Waals surface area contributed by atoms with Gasteiger partial charge in [-0.3, -0.25) is 9.59 Å². The van der Waals surface area contributed by atoms with Gasteiger partial charge in [0.1, 0.15) is 5.75 Å². The number of hydrogen-bond acceptors (Lipinski definition) is 5. The highest BCUT2D eigenvalue weighted by molar-refractivity contribution is 5.94. The Morgan fingerprint density at radius 3 is 2.25 bits per heavy atom. The Bertz CT molecular complexity index is 835. The molecule has 5 N–H and O–H groups in total. The highest BCUT2D eigenvalue weighted by atomic mass is 16.5. The Morgan fingerprint density at radius 2 is 1.62 bits per heavy atom. The SMILES string of the molecule is CC(C)C(=O)N(CCCCOc1ccc(CN)cc1)CCCNC(=O)c1ccc(N)cc1. The van der Waals surface area contributed by atoms with E-state index in [1.807, 2.05) is 43.0 Å². The van der Waals surface area contributed by atoms with Crippen LogP contribution < -0.4 is 21.5 Å². The normalized spacial score (nSPS) is 10.8. The second-order valence-electron chi connectivity index (χ2n) is 8.12. The van der Waals surface area contributed by atoms with E-state index >= 15 is 0 Å². The molecular formula is C25H36N4O3. The van der Waals surface area contributed by atoms with Crippen molar-refractivity contribution in [2.75, 3.05) is 32.0 Å². The number of anilines is 1. The van der Waals surface area contributed by atoms with Gasteiger partial charge in [0.25, 0.3) is 5.91 Å². The highest BCUT2D eigenvalue weighted by Gasteiger charge is 2.16. The van der Waals surface area contributed by atoms with Crippen molar-refractivity contribution in [3.05, 3.63) is 59.7 Å². The second kappa shape index (κ2) is 13.4. The molecule has 2 aromatic carbocycles. The minimum absolute atomic E-state index is 0.0586. The number of amides is 2. The van der Waals surface area contributed by atoms with Gasteiger partial charge in [-0.1, -0.05) is 26.0 Å². The molecule has 0 unspecified atom stereocenters. The zero-order valence-corrected chi connectivity index (χ0v) is 19.2. The highest BCUT2D eigenvalue weighted by Crippen LogP contribution is 2.13. The van der Waals surface area contributed by atoms with Crippen LogP contribution in [-0.4, -0.2) is 43.0 Å². The minimum Gasteiger partial charge on any atom is -0.494 e. The molecule has 0 bridgehead atoms. The number of benzene rings is 2. The van der Waals surface area contributed by atoms with Gasteiger partial charge in [-0.25, -0.2) is 0 Å². The number of nitrogens with two attached hydrogens (primary N) is 2. The summed E-state index contributed by atoms with van der Waals surface area (Å²) in [5.74, 6) is 0.766. The fourth-order valence-corrected chi connectivity index (χ4v) is 3.22. The molecule has 0 atom stereocenters. The lowest BCUT2D eigenvalue weighted by atomic mass is 10.1. The molecule has 0 aliphatic rings. The quantitative estimate of drug-likeness (QED) is 0.327. The van der Waals surface area contributed by atoms with Crippen LogP contribution in [0.4, 0.5) is 5.69 Å². The third kappa shape index (κ3) is 8.59. The van der Waals surface area contributed by atoms with Gasteiger partial charge in [-0.2, -0.15) is 0 Å². The molecule has 0 fully saturated rings. The van der Waals surface area contributed by atoms with Gasteiger partial charge in [0, 0.05) is 43.3 Å². The summed E-state index contributed by atoms with van der Waals surface area (Å²) in [7, 11) is 0. The smallest absolute Gasteiger partial charge is 0.251 e. The topological polar surface area (TPSA) is 111 Å². The van der Waals surface area contributed by atoms with Crippen molar-refractivity contribution in [2.24, 2.45) is 11.7 Å². The van der Waals surface area contributed by atoms with Gasteiger partial charge in [0.05, 0.1) is 6.61 Å². The van der Waals surface area contributed by atoms with E-state index in [-0.39, 0.29) is 17.7 Å². The van der Waals surface area contributed by atoms with Gasteiger partial charge >= 0.3 is 0 Å². The lowest BCUT2D eigenvalue weighted by molar-refractivity contribution is -0.134. The number of carbonyl (C=O) groups is 2. The second-order valence-corrected chi connectivity index (χ2v) is 8.12. The van der Waals surface area contributed by atoms with Crippen LogP contribution in [0, 0.1) is 5.92 Å². The van der Waals surface area contributed by atoms with Crippen LogP contribution in [-0.2, 0) is 11.3 Å². The zero-order valence-electron chi connectivity index (χ0n) is 19.2. The summed E-state index contributed by atoms with van der Waals surface area (Å²) >= 11 is 0. The lowest BCUT2D eigenvalue weighted by Crippen LogP contribution is -2.37. The molecule has 0 saturated heterocycles. The van der Waals surface area contributed by atoms with Gasteiger partial charge < -0.3 is 26.4 Å². The Kier molecular flexibility index (Phi) is 10.5. The minimum atomic E-state index is -0.136. The number of hydrogen-bond donors (Lipinski definition) is 3. The van der Waals surface area contributed by atoms with Gasteiger partial charge in [0.2, 0.25) is 5.91 Å². The number of unbranched alkanes of at least 4 members (excludes halogenated alkanes) is 1. The van der Waals surface area contributed by atoms with Crippen LogP contribution in [0.5, 0.6) is 5.75 Å². The van der Waals surface area contributed by atoms with E-state index in [2.05, 4.69) is 5.32 Å². The van der Waals surface area contributed by atoms with E-state index in [1.165, 1.54) is 0 Å².